The second-order valence-corrected chi connectivity index (χ2v) is 6.94. The van der Waals surface area contributed by atoms with E-state index in [1.54, 1.807) is 12.1 Å². The highest BCUT2D eigenvalue weighted by Gasteiger charge is 2.32. The van der Waals surface area contributed by atoms with Crippen LogP contribution in [-0.2, 0) is 16.0 Å². The molecule has 1 N–H and O–H groups in total. The molecule has 0 spiro atoms. The number of thiazole rings is 1. The fraction of sp³-hybridized carbons (Fsp3) is 0.211. The predicted molar refractivity (Wildman–Crippen MR) is 96.8 cm³/mol. The van der Waals surface area contributed by atoms with Gasteiger partial charge in [0.15, 0.2) is 5.13 Å². The molecule has 1 atom stereocenters. The minimum Gasteiger partial charge on any atom is -0.453 e. The van der Waals surface area contributed by atoms with Gasteiger partial charge in [0, 0.05) is 5.56 Å². The van der Waals surface area contributed by atoms with E-state index in [9.17, 15) is 9.59 Å². The molecule has 6 heteroatoms. The Hall–Kier alpha value is -2.73. The minimum absolute atomic E-state index is 0.0822. The van der Waals surface area contributed by atoms with Crippen LogP contribution in [0, 0.1) is 0 Å². The quantitative estimate of drug-likeness (QED) is 0.718. The van der Waals surface area contributed by atoms with Gasteiger partial charge in [-0.2, -0.15) is 0 Å². The van der Waals surface area contributed by atoms with Gasteiger partial charge in [-0.1, -0.05) is 42.5 Å². The molecule has 25 heavy (non-hydrogen) atoms. The Morgan fingerprint density at radius 1 is 1.28 bits per heavy atom. The highest BCUT2D eigenvalue weighted by atomic mass is 32.1. The lowest BCUT2D eigenvalue weighted by molar-refractivity contribution is -0.118. The fourth-order valence-corrected chi connectivity index (χ4v) is 3.90. The average molecular weight is 352 g/mol. The first-order valence-corrected chi connectivity index (χ1v) is 8.95. The molecule has 1 aliphatic rings. The normalized spacial score (nSPS) is 15.9. The third-order valence-corrected chi connectivity index (χ3v) is 5.19. The van der Waals surface area contributed by atoms with E-state index in [1.165, 1.54) is 16.9 Å². The van der Waals surface area contributed by atoms with Crippen LogP contribution in [0.5, 0.6) is 0 Å². The van der Waals surface area contributed by atoms with Gasteiger partial charge in [0.25, 0.3) is 0 Å². The van der Waals surface area contributed by atoms with Crippen LogP contribution in [0.2, 0.25) is 0 Å². The van der Waals surface area contributed by atoms with Crippen LogP contribution in [0.1, 0.15) is 40.9 Å². The van der Waals surface area contributed by atoms with Gasteiger partial charge in [0.05, 0.1) is 22.2 Å². The van der Waals surface area contributed by atoms with Gasteiger partial charge in [0.1, 0.15) is 6.10 Å². The second kappa shape index (κ2) is 6.29. The van der Waals surface area contributed by atoms with Gasteiger partial charge in [-0.3, -0.25) is 4.79 Å². The molecule has 1 amide bonds. The highest BCUT2D eigenvalue weighted by Crippen LogP contribution is 2.33. The minimum atomic E-state index is -0.537. The van der Waals surface area contributed by atoms with E-state index in [0.717, 1.165) is 22.2 Å². The number of ether oxygens (including phenoxy) is 1. The standard InChI is InChI=1S/C19H16N2O3S/c1-2-11-7-8-14-16(9-11)25-19(20-14)21-17(22)10-15-12-5-3-4-6-13(12)18(23)24-15/h3-9,15H,2,10H2,1H3,(H,20,21,22)/t15-/m0/s1. The molecule has 1 aromatic heterocycles. The summed E-state index contributed by atoms with van der Waals surface area (Å²) in [6, 6.07) is 13.3. The third-order valence-electron chi connectivity index (χ3n) is 4.26. The summed E-state index contributed by atoms with van der Waals surface area (Å²) in [4.78, 5) is 28.6. The molecule has 2 aromatic carbocycles. The Morgan fingerprint density at radius 2 is 2.12 bits per heavy atom. The third kappa shape index (κ3) is 3.00. The topological polar surface area (TPSA) is 68.3 Å². The predicted octanol–water partition coefficient (Wildman–Crippen LogP) is 4.10. The first-order chi connectivity index (χ1) is 12.1. The SMILES string of the molecule is CCc1ccc2nc(NC(=O)C[C@@H]3OC(=O)c4ccccc43)sc2c1. The zero-order valence-electron chi connectivity index (χ0n) is 13.6. The summed E-state index contributed by atoms with van der Waals surface area (Å²) in [7, 11) is 0. The molecule has 0 bridgehead atoms. The number of aryl methyl sites for hydroxylation is 1. The Bertz CT molecular complexity index is 980. The number of cyclic esters (lactones) is 1. The number of hydrogen-bond donors (Lipinski definition) is 1. The van der Waals surface area contributed by atoms with Crippen molar-refractivity contribution in [1.82, 2.24) is 4.98 Å². The van der Waals surface area contributed by atoms with Crippen molar-refractivity contribution in [2.45, 2.75) is 25.9 Å². The Morgan fingerprint density at radius 3 is 2.96 bits per heavy atom. The van der Waals surface area contributed by atoms with E-state index in [1.807, 2.05) is 24.3 Å². The molecule has 126 valence electrons. The first-order valence-electron chi connectivity index (χ1n) is 8.13. The van der Waals surface area contributed by atoms with Crippen LogP contribution in [0.3, 0.4) is 0 Å². The van der Waals surface area contributed by atoms with Crippen LogP contribution in [0.4, 0.5) is 5.13 Å². The van der Waals surface area contributed by atoms with Crippen molar-refractivity contribution in [3.05, 3.63) is 59.2 Å². The number of aromatic nitrogens is 1. The van der Waals surface area contributed by atoms with E-state index in [2.05, 4.69) is 23.3 Å². The van der Waals surface area contributed by atoms with Gasteiger partial charge < -0.3 is 10.1 Å². The zero-order valence-corrected chi connectivity index (χ0v) is 14.4. The molecule has 2 heterocycles. The highest BCUT2D eigenvalue weighted by molar-refractivity contribution is 7.22. The molecule has 0 radical (unpaired) electrons. The molecular weight excluding hydrogens is 336 g/mol. The number of anilines is 1. The Kier molecular flexibility index (Phi) is 3.97. The molecule has 4 rings (SSSR count). The maximum atomic E-state index is 12.3. The van der Waals surface area contributed by atoms with Crippen molar-refractivity contribution in [2.75, 3.05) is 5.32 Å². The van der Waals surface area contributed by atoms with Crippen LogP contribution in [0.25, 0.3) is 10.2 Å². The van der Waals surface area contributed by atoms with Crippen molar-refractivity contribution in [1.29, 1.82) is 0 Å². The summed E-state index contributed by atoms with van der Waals surface area (Å²) in [5, 5.41) is 3.38. The molecule has 0 unspecified atom stereocenters. The Balaban J connectivity index is 1.49. The molecule has 3 aromatic rings. The van der Waals surface area contributed by atoms with Gasteiger partial charge >= 0.3 is 5.97 Å². The molecule has 5 nitrogen and oxygen atoms in total. The molecule has 0 saturated carbocycles. The van der Waals surface area contributed by atoms with Crippen molar-refractivity contribution in [2.24, 2.45) is 0 Å². The van der Waals surface area contributed by atoms with E-state index < -0.39 is 6.10 Å². The lowest BCUT2D eigenvalue weighted by Crippen LogP contribution is -2.15. The monoisotopic (exact) mass is 352 g/mol. The zero-order chi connectivity index (χ0) is 17.4. The van der Waals surface area contributed by atoms with Crippen LogP contribution < -0.4 is 5.32 Å². The van der Waals surface area contributed by atoms with Crippen molar-refractivity contribution in [3.8, 4) is 0 Å². The number of amides is 1. The molecule has 0 aliphatic carbocycles. The first kappa shape index (κ1) is 15.8. The van der Waals surface area contributed by atoms with Crippen molar-refractivity contribution in [3.63, 3.8) is 0 Å². The summed E-state index contributed by atoms with van der Waals surface area (Å²) in [6.07, 6.45) is 0.505. The lowest BCUT2D eigenvalue weighted by atomic mass is 10.0. The number of rotatable bonds is 4. The maximum absolute atomic E-state index is 12.3. The number of benzene rings is 2. The number of carbonyl (C=O) groups excluding carboxylic acids is 2. The number of carbonyl (C=O) groups is 2. The van der Waals surface area contributed by atoms with Gasteiger partial charge in [0.2, 0.25) is 5.91 Å². The largest absolute Gasteiger partial charge is 0.453 e. The van der Waals surface area contributed by atoms with Crippen LogP contribution in [0.15, 0.2) is 42.5 Å². The summed E-state index contributed by atoms with van der Waals surface area (Å²) in [5.41, 5.74) is 3.41. The smallest absolute Gasteiger partial charge is 0.339 e. The van der Waals surface area contributed by atoms with Crippen molar-refractivity contribution < 1.29 is 14.3 Å². The number of nitrogens with one attached hydrogen (secondary N) is 1. The van der Waals surface area contributed by atoms with Gasteiger partial charge in [-0.05, 0) is 30.2 Å². The second-order valence-electron chi connectivity index (χ2n) is 5.91. The summed E-state index contributed by atoms with van der Waals surface area (Å²) < 4.78 is 6.36. The molecule has 1 aliphatic heterocycles. The average Bonchev–Trinajstić information content (AvgIpc) is 3.15. The number of nitrogens with zero attached hydrogens (tertiary/aromatic N) is 1. The molecular formula is C19H16N2O3S. The number of esters is 1. The number of hydrogen-bond acceptors (Lipinski definition) is 5. The Labute approximate surface area is 148 Å². The lowest BCUT2D eigenvalue weighted by Gasteiger charge is -2.09. The molecule has 0 fully saturated rings. The van der Waals surface area contributed by atoms with Crippen LogP contribution >= 0.6 is 11.3 Å². The van der Waals surface area contributed by atoms with Gasteiger partial charge in [-0.15, -0.1) is 0 Å². The van der Waals surface area contributed by atoms with Crippen LogP contribution in [-0.4, -0.2) is 16.9 Å². The number of fused-ring (bicyclic) bond motifs is 2. The summed E-state index contributed by atoms with van der Waals surface area (Å²) >= 11 is 1.45. The van der Waals surface area contributed by atoms with E-state index in [0.29, 0.717) is 10.7 Å². The summed E-state index contributed by atoms with van der Waals surface area (Å²) in [5.74, 6) is -0.593. The molecule has 0 saturated heterocycles. The van der Waals surface area contributed by atoms with E-state index in [4.69, 9.17) is 4.74 Å². The fourth-order valence-electron chi connectivity index (χ4n) is 2.95. The van der Waals surface area contributed by atoms with E-state index in [-0.39, 0.29) is 18.3 Å². The van der Waals surface area contributed by atoms with Crippen molar-refractivity contribution >= 4 is 38.6 Å². The maximum Gasteiger partial charge on any atom is 0.339 e. The summed E-state index contributed by atoms with van der Waals surface area (Å²) in [6.45, 7) is 2.10. The van der Waals surface area contributed by atoms with Gasteiger partial charge in [-0.25, -0.2) is 9.78 Å². The van der Waals surface area contributed by atoms with E-state index >= 15 is 0 Å².